The Morgan fingerprint density at radius 1 is 1.17 bits per heavy atom. The molecule has 0 spiro atoms. The zero-order chi connectivity index (χ0) is 13.5. The van der Waals surface area contributed by atoms with Crippen molar-refractivity contribution in [1.82, 2.24) is 10.9 Å². The van der Waals surface area contributed by atoms with Crippen molar-refractivity contribution in [3.8, 4) is 0 Å². The lowest BCUT2D eigenvalue weighted by Crippen LogP contribution is -2.41. The smallest absolute Gasteiger partial charge is 0.426 e. The van der Waals surface area contributed by atoms with E-state index in [1.165, 1.54) is 0 Å². The van der Waals surface area contributed by atoms with Gasteiger partial charge in [0.05, 0.1) is 6.61 Å². The number of hydrazine groups is 1. The number of carbonyl (C=O) groups is 2. The van der Waals surface area contributed by atoms with Gasteiger partial charge in [0.1, 0.15) is 0 Å². The molecule has 0 radical (unpaired) electrons. The van der Waals surface area contributed by atoms with E-state index >= 15 is 0 Å². The van der Waals surface area contributed by atoms with Gasteiger partial charge in [-0.15, -0.1) is 0 Å². The first-order chi connectivity index (χ1) is 8.54. The number of carbonyl (C=O) groups excluding carboxylic acids is 2. The van der Waals surface area contributed by atoms with E-state index in [0.717, 1.165) is 5.69 Å². The van der Waals surface area contributed by atoms with Gasteiger partial charge in [-0.05, 0) is 31.2 Å². The Labute approximate surface area is 106 Å². The van der Waals surface area contributed by atoms with E-state index in [1.54, 1.807) is 19.1 Å². The highest BCUT2D eigenvalue weighted by atomic mass is 16.5. The van der Waals surface area contributed by atoms with Crippen LogP contribution in [0.25, 0.3) is 0 Å². The van der Waals surface area contributed by atoms with Gasteiger partial charge in [0.2, 0.25) is 0 Å². The lowest BCUT2D eigenvalue weighted by molar-refractivity contribution is 0.0912. The Morgan fingerprint density at radius 2 is 1.78 bits per heavy atom. The summed E-state index contributed by atoms with van der Waals surface area (Å²) in [4.78, 5) is 24.5. The van der Waals surface area contributed by atoms with Gasteiger partial charge in [-0.2, -0.15) is 0 Å². The molecule has 0 atom stereocenters. The van der Waals surface area contributed by atoms with Gasteiger partial charge >= 0.3 is 6.09 Å². The van der Waals surface area contributed by atoms with E-state index in [0.29, 0.717) is 5.56 Å². The molecule has 1 aromatic carbocycles. The first-order valence-corrected chi connectivity index (χ1v) is 5.55. The van der Waals surface area contributed by atoms with Crippen LogP contribution >= 0.6 is 0 Å². The predicted molar refractivity (Wildman–Crippen MR) is 68.4 cm³/mol. The van der Waals surface area contributed by atoms with E-state index in [9.17, 15) is 9.59 Å². The molecule has 2 amide bonds. The van der Waals surface area contributed by atoms with Gasteiger partial charge in [-0.1, -0.05) is 0 Å². The van der Waals surface area contributed by atoms with Crippen LogP contribution in [-0.2, 0) is 4.74 Å². The third-order valence-corrected chi connectivity index (χ3v) is 2.20. The van der Waals surface area contributed by atoms with E-state index in [-0.39, 0.29) is 6.61 Å². The summed E-state index contributed by atoms with van der Waals surface area (Å²) in [7, 11) is 3.83. The SMILES string of the molecule is CCOC(=O)NNC(=O)c1ccc(N(C)C)cc1. The van der Waals surface area contributed by atoms with Crippen LogP contribution in [-0.4, -0.2) is 32.7 Å². The summed E-state index contributed by atoms with van der Waals surface area (Å²) in [5.74, 6) is -0.395. The summed E-state index contributed by atoms with van der Waals surface area (Å²) in [5, 5.41) is 0. The van der Waals surface area contributed by atoms with Crippen LogP contribution in [0.1, 0.15) is 17.3 Å². The molecule has 1 aromatic rings. The highest BCUT2D eigenvalue weighted by Gasteiger charge is 2.07. The van der Waals surface area contributed by atoms with E-state index < -0.39 is 12.0 Å². The quantitative estimate of drug-likeness (QED) is 0.790. The Balaban J connectivity index is 2.54. The fourth-order valence-electron chi connectivity index (χ4n) is 1.26. The summed E-state index contributed by atoms with van der Waals surface area (Å²) < 4.78 is 4.61. The highest BCUT2D eigenvalue weighted by molar-refractivity contribution is 5.95. The summed E-state index contributed by atoms with van der Waals surface area (Å²) >= 11 is 0. The third kappa shape index (κ3) is 3.97. The van der Waals surface area contributed by atoms with Crippen molar-refractivity contribution in [3.63, 3.8) is 0 Å². The monoisotopic (exact) mass is 251 g/mol. The summed E-state index contributed by atoms with van der Waals surface area (Å²) in [6.45, 7) is 1.93. The number of hydrogen-bond acceptors (Lipinski definition) is 4. The van der Waals surface area contributed by atoms with Crippen molar-refractivity contribution in [2.45, 2.75) is 6.92 Å². The minimum Gasteiger partial charge on any atom is -0.449 e. The minimum absolute atomic E-state index is 0.249. The molecule has 0 heterocycles. The number of benzene rings is 1. The molecule has 1 rings (SSSR count). The fraction of sp³-hybridized carbons (Fsp3) is 0.333. The van der Waals surface area contributed by atoms with Crippen LogP contribution in [0.15, 0.2) is 24.3 Å². The van der Waals surface area contributed by atoms with Gasteiger partial charge < -0.3 is 9.64 Å². The second kappa shape index (κ2) is 6.48. The van der Waals surface area contributed by atoms with E-state index in [4.69, 9.17) is 0 Å². The van der Waals surface area contributed by atoms with Crippen LogP contribution in [0.2, 0.25) is 0 Å². The maximum absolute atomic E-state index is 11.6. The van der Waals surface area contributed by atoms with Crippen LogP contribution in [0, 0.1) is 0 Å². The Morgan fingerprint density at radius 3 is 2.28 bits per heavy atom. The number of rotatable bonds is 3. The fourth-order valence-corrected chi connectivity index (χ4v) is 1.26. The molecule has 2 N–H and O–H groups in total. The summed E-state index contributed by atoms with van der Waals surface area (Å²) in [6, 6.07) is 6.99. The third-order valence-electron chi connectivity index (χ3n) is 2.20. The molecule has 0 aliphatic rings. The summed E-state index contributed by atoms with van der Waals surface area (Å²) in [5.41, 5.74) is 5.85. The largest absolute Gasteiger partial charge is 0.449 e. The van der Waals surface area contributed by atoms with Crippen molar-refractivity contribution in [2.24, 2.45) is 0 Å². The normalized spacial score (nSPS) is 9.50. The zero-order valence-corrected chi connectivity index (χ0v) is 10.7. The number of nitrogens with zero attached hydrogens (tertiary/aromatic N) is 1. The molecule has 98 valence electrons. The van der Waals surface area contributed by atoms with Crippen molar-refractivity contribution in [3.05, 3.63) is 29.8 Å². The van der Waals surface area contributed by atoms with Crippen LogP contribution in [0.5, 0.6) is 0 Å². The van der Waals surface area contributed by atoms with Gasteiger partial charge in [0.25, 0.3) is 5.91 Å². The minimum atomic E-state index is -0.684. The van der Waals surface area contributed by atoms with E-state index in [2.05, 4.69) is 15.6 Å². The maximum Gasteiger partial charge on any atom is 0.426 e. The molecule has 0 unspecified atom stereocenters. The van der Waals surface area contributed by atoms with E-state index in [1.807, 2.05) is 31.1 Å². The average Bonchev–Trinajstić information content (AvgIpc) is 2.36. The highest BCUT2D eigenvalue weighted by Crippen LogP contribution is 2.11. The number of nitrogens with one attached hydrogen (secondary N) is 2. The number of amides is 2. The van der Waals surface area contributed by atoms with Crippen molar-refractivity contribution in [1.29, 1.82) is 0 Å². The van der Waals surface area contributed by atoms with Crippen molar-refractivity contribution < 1.29 is 14.3 Å². The van der Waals surface area contributed by atoms with Crippen LogP contribution in [0.4, 0.5) is 10.5 Å². The van der Waals surface area contributed by atoms with Gasteiger partial charge in [-0.25, -0.2) is 10.2 Å². The predicted octanol–water partition coefficient (Wildman–Crippen LogP) is 1.14. The molecule has 6 heteroatoms. The molecule has 6 nitrogen and oxygen atoms in total. The van der Waals surface area contributed by atoms with Gasteiger partial charge in [0, 0.05) is 25.3 Å². The molecular formula is C12H17N3O3. The number of ether oxygens (including phenoxy) is 1. The second-order valence-electron chi connectivity index (χ2n) is 3.74. The Hall–Kier alpha value is -2.24. The summed E-state index contributed by atoms with van der Waals surface area (Å²) in [6.07, 6.45) is -0.684. The molecule has 0 saturated carbocycles. The second-order valence-corrected chi connectivity index (χ2v) is 3.74. The Bertz CT molecular complexity index is 415. The number of anilines is 1. The first-order valence-electron chi connectivity index (χ1n) is 5.55. The molecule has 0 fully saturated rings. The Kier molecular flexibility index (Phi) is 4.98. The maximum atomic E-state index is 11.6. The molecule has 18 heavy (non-hydrogen) atoms. The topological polar surface area (TPSA) is 70.7 Å². The molecular weight excluding hydrogens is 234 g/mol. The average molecular weight is 251 g/mol. The van der Waals surface area contributed by atoms with Crippen LogP contribution in [0.3, 0.4) is 0 Å². The molecule has 0 aromatic heterocycles. The molecule has 0 bridgehead atoms. The lowest BCUT2D eigenvalue weighted by Gasteiger charge is -2.12. The molecule has 0 aliphatic carbocycles. The van der Waals surface area contributed by atoms with Crippen LogP contribution < -0.4 is 15.8 Å². The first kappa shape index (κ1) is 13.8. The zero-order valence-electron chi connectivity index (χ0n) is 10.7. The molecule has 0 saturated heterocycles. The molecule has 0 aliphatic heterocycles. The standard InChI is InChI=1S/C12H17N3O3/c1-4-18-12(17)14-13-11(16)9-5-7-10(8-6-9)15(2)3/h5-8H,4H2,1-3H3,(H,13,16)(H,14,17). The van der Waals surface area contributed by atoms with Crippen molar-refractivity contribution >= 4 is 17.7 Å². The lowest BCUT2D eigenvalue weighted by atomic mass is 10.2. The van der Waals surface area contributed by atoms with Crippen molar-refractivity contribution in [2.75, 3.05) is 25.6 Å². The van der Waals surface area contributed by atoms with Gasteiger partial charge in [-0.3, -0.25) is 10.2 Å². The number of hydrogen-bond donors (Lipinski definition) is 2. The van der Waals surface area contributed by atoms with Gasteiger partial charge in [0.15, 0.2) is 0 Å².